The molecule has 0 aliphatic carbocycles. The number of benzene rings is 1. The highest BCUT2D eigenvalue weighted by Crippen LogP contribution is 2.17. The lowest BCUT2D eigenvalue weighted by Gasteiger charge is -2.15. The van der Waals surface area contributed by atoms with Crippen LogP contribution in [0.25, 0.3) is 0 Å². The third kappa shape index (κ3) is 3.84. The van der Waals surface area contributed by atoms with Gasteiger partial charge in [-0.1, -0.05) is 39.7 Å². The number of carbonyl (C=O) groups is 1. The Morgan fingerprint density at radius 1 is 1.47 bits per heavy atom. The molecule has 4 heteroatoms. The minimum absolute atomic E-state index is 0.0255. The number of amides is 1. The van der Waals surface area contributed by atoms with Gasteiger partial charge in [0.1, 0.15) is 0 Å². The molecule has 1 amide bonds. The normalized spacial score (nSPS) is 14.4. The molecule has 1 aromatic carbocycles. The van der Waals surface area contributed by atoms with Crippen LogP contribution in [-0.4, -0.2) is 10.7 Å². The number of hydrogen-bond acceptors (Lipinski definition) is 1. The van der Waals surface area contributed by atoms with Gasteiger partial charge < -0.3 is 5.32 Å². The first-order valence-corrected chi connectivity index (χ1v) is 6.00. The maximum atomic E-state index is 11.4. The van der Waals surface area contributed by atoms with E-state index in [2.05, 4.69) is 21.2 Å². The molecule has 0 aromatic heterocycles. The van der Waals surface area contributed by atoms with Crippen LogP contribution in [0.2, 0.25) is 5.02 Å². The van der Waals surface area contributed by atoms with Gasteiger partial charge in [-0.15, -0.1) is 0 Å². The third-order valence-corrected chi connectivity index (χ3v) is 2.72. The lowest BCUT2D eigenvalue weighted by Crippen LogP contribution is -2.31. The highest BCUT2D eigenvalue weighted by Gasteiger charge is 2.13. The molecule has 82 valence electrons. The predicted molar refractivity (Wildman–Crippen MR) is 66.4 cm³/mol. The number of carbonyl (C=O) groups excluding carboxylic acids is 1. The second-order valence-electron chi connectivity index (χ2n) is 3.40. The van der Waals surface area contributed by atoms with Gasteiger partial charge in [0.2, 0.25) is 5.91 Å². The number of rotatable bonds is 3. The van der Waals surface area contributed by atoms with Crippen LogP contribution in [-0.2, 0) is 4.79 Å². The zero-order valence-electron chi connectivity index (χ0n) is 8.63. The second-order valence-corrected chi connectivity index (χ2v) is 5.21. The first-order valence-electron chi connectivity index (χ1n) is 4.70. The molecule has 1 rings (SSSR count). The Bertz CT molecular complexity index is 354. The van der Waals surface area contributed by atoms with Gasteiger partial charge in [-0.2, -0.15) is 0 Å². The molecular formula is C11H13BrClNO. The average molecular weight is 291 g/mol. The summed E-state index contributed by atoms with van der Waals surface area (Å²) in [6.07, 6.45) is 0. The Kier molecular flexibility index (Phi) is 4.61. The van der Waals surface area contributed by atoms with Crippen LogP contribution in [0, 0.1) is 0 Å². The van der Waals surface area contributed by atoms with Gasteiger partial charge in [0.15, 0.2) is 0 Å². The van der Waals surface area contributed by atoms with Gasteiger partial charge in [-0.3, -0.25) is 4.79 Å². The van der Waals surface area contributed by atoms with Crippen molar-refractivity contribution in [3.8, 4) is 0 Å². The third-order valence-electron chi connectivity index (χ3n) is 2.07. The zero-order chi connectivity index (χ0) is 11.4. The van der Waals surface area contributed by atoms with Crippen molar-refractivity contribution in [3.05, 3.63) is 34.9 Å². The largest absolute Gasteiger partial charge is 0.349 e. The summed E-state index contributed by atoms with van der Waals surface area (Å²) in [5.41, 5.74) is 1.00. The molecule has 0 saturated heterocycles. The molecule has 15 heavy (non-hydrogen) atoms. The summed E-state index contributed by atoms with van der Waals surface area (Å²) in [7, 11) is 0. The Labute approximate surface area is 103 Å². The summed E-state index contributed by atoms with van der Waals surface area (Å²) in [4.78, 5) is 11.2. The van der Waals surface area contributed by atoms with E-state index in [1.807, 2.05) is 31.2 Å². The lowest BCUT2D eigenvalue weighted by molar-refractivity contribution is -0.120. The molecule has 0 heterocycles. The minimum Gasteiger partial charge on any atom is -0.349 e. The molecule has 1 unspecified atom stereocenters. The molecule has 0 spiro atoms. The monoisotopic (exact) mass is 289 g/mol. The van der Waals surface area contributed by atoms with Crippen molar-refractivity contribution in [2.45, 2.75) is 24.7 Å². The summed E-state index contributed by atoms with van der Waals surface area (Å²) in [6.45, 7) is 3.72. The topological polar surface area (TPSA) is 29.1 Å². The Balaban J connectivity index is 2.69. The van der Waals surface area contributed by atoms with Crippen molar-refractivity contribution in [2.75, 3.05) is 0 Å². The molecule has 0 fully saturated rings. The van der Waals surface area contributed by atoms with E-state index in [9.17, 15) is 4.79 Å². The Morgan fingerprint density at radius 3 is 2.67 bits per heavy atom. The molecule has 2 atom stereocenters. The summed E-state index contributed by atoms with van der Waals surface area (Å²) < 4.78 is 0. The number of hydrogen-bond donors (Lipinski definition) is 1. The summed E-state index contributed by atoms with van der Waals surface area (Å²) in [5.74, 6) is -0.0255. The molecular weight excluding hydrogens is 277 g/mol. The molecule has 2 nitrogen and oxygen atoms in total. The van der Waals surface area contributed by atoms with E-state index < -0.39 is 0 Å². The SMILES string of the molecule is CC(Br)C(=O)N[C@H](C)c1cccc(Cl)c1. The lowest BCUT2D eigenvalue weighted by atomic mass is 10.1. The maximum absolute atomic E-state index is 11.4. The van der Waals surface area contributed by atoms with Crippen LogP contribution >= 0.6 is 27.5 Å². The molecule has 0 bridgehead atoms. The quantitative estimate of drug-likeness (QED) is 0.850. The number of halogens is 2. The Morgan fingerprint density at radius 2 is 2.13 bits per heavy atom. The van der Waals surface area contributed by atoms with E-state index in [0.29, 0.717) is 5.02 Å². The van der Waals surface area contributed by atoms with Crippen LogP contribution in [0.5, 0.6) is 0 Å². The predicted octanol–water partition coefficient (Wildman–Crippen LogP) is 3.30. The molecule has 0 aliphatic heterocycles. The van der Waals surface area contributed by atoms with Crippen LogP contribution in [0.1, 0.15) is 25.5 Å². The molecule has 1 N–H and O–H groups in total. The fraction of sp³-hybridized carbons (Fsp3) is 0.364. The fourth-order valence-corrected chi connectivity index (χ4v) is 1.52. The summed E-state index contributed by atoms with van der Waals surface area (Å²) in [5, 5.41) is 3.56. The van der Waals surface area contributed by atoms with Crippen molar-refractivity contribution in [1.29, 1.82) is 0 Å². The van der Waals surface area contributed by atoms with Crippen LogP contribution in [0.3, 0.4) is 0 Å². The molecule has 0 aliphatic rings. The summed E-state index contributed by atoms with van der Waals surface area (Å²) in [6, 6.07) is 7.45. The smallest absolute Gasteiger partial charge is 0.233 e. The second kappa shape index (κ2) is 5.52. The van der Waals surface area contributed by atoms with E-state index in [0.717, 1.165) is 5.56 Å². The maximum Gasteiger partial charge on any atom is 0.233 e. The van der Waals surface area contributed by atoms with Gasteiger partial charge in [0, 0.05) is 5.02 Å². The van der Waals surface area contributed by atoms with Crippen molar-refractivity contribution < 1.29 is 4.79 Å². The van der Waals surface area contributed by atoms with Gasteiger partial charge in [-0.25, -0.2) is 0 Å². The summed E-state index contributed by atoms with van der Waals surface area (Å²) >= 11 is 9.08. The van der Waals surface area contributed by atoms with Gasteiger partial charge >= 0.3 is 0 Å². The first-order chi connectivity index (χ1) is 7.00. The van der Waals surface area contributed by atoms with E-state index >= 15 is 0 Å². The number of alkyl halides is 1. The standard InChI is InChI=1S/C11H13BrClNO/c1-7(12)11(15)14-8(2)9-4-3-5-10(13)6-9/h3-8H,1-2H3,(H,14,15)/t7?,8-/m1/s1. The highest BCUT2D eigenvalue weighted by atomic mass is 79.9. The van der Waals surface area contributed by atoms with E-state index in [1.165, 1.54) is 0 Å². The Hall–Kier alpha value is -0.540. The van der Waals surface area contributed by atoms with E-state index in [-0.39, 0.29) is 16.8 Å². The number of nitrogens with one attached hydrogen (secondary N) is 1. The fourth-order valence-electron chi connectivity index (χ4n) is 1.19. The highest BCUT2D eigenvalue weighted by molar-refractivity contribution is 9.10. The molecule has 0 saturated carbocycles. The zero-order valence-corrected chi connectivity index (χ0v) is 11.0. The van der Waals surface area contributed by atoms with E-state index in [1.54, 1.807) is 6.92 Å². The van der Waals surface area contributed by atoms with Gasteiger partial charge in [0.05, 0.1) is 10.9 Å². The van der Waals surface area contributed by atoms with Crippen molar-refractivity contribution >= 4 is 33.4 Å². The van der Waals surface area contributed by atoms with Crippen molar-refractivity contribution in [2.24, 2.45) is 0 Å². The molecule has 1 aromatic rings. The minimum atomic E-state index is -0.181. The van der Waals surface area contributed by atoms with Crippen molar-refractivity contribution in [3.63, 3.8) is 0 Å². The average Bonchev–Trinajstić information content (AvgIpc) is 2.17. The van der Waals surface area contributed by atoms with Crippen LogP contribution < -0.4 is 5.32 Å². The first kappa shape index (κ1) is 12.5. The molecule has 0 radical (unpaired) electrons. The van der Waals surface area contributed by atoms with E-state index in [4.69, 9.17) is 11.6 Å². The van der Waals surface area contributed by atoms with Crippen LogP contribution in [0.4, 0.5) is 0 Å². The van der Waals surface area contributed by atoms with Crippen molar-refractivity contribution in [1.82, 2.24) is 5.32 Å². The van der Waals surface area contributed by atoms with Crippen LogP contribution in [0.15, 0.2) is 24.3 Å². The van der Waals surface area contributed by atoms with Gasteiger partial charge in [-0.05, 0) is 31.5 Å². The van der Waals surface area contributed by atoms with Gasteiger partial charge in [0.25, 0.3) is 0 Å².